The smallest absolute Gasteiger partial charge is 0.309 e. The van der Waals surface area contributed by atoms with Gasteiger partial charge in [0.05, 0.1) is 5.92 Å². The van der Waals surface area contributed by atoms with E-state index in [0.29, 0.717) is 12.8 Å². The van der Waals surface area contributed by atoms with Gasteiger partial charge in [0.2, 0.25) is 0 Å². The van der Waals surface area contributed by atoms with Gasteiger partial charge in [0.1, 0.15) is 17.8 Å². The molecule has 3 rings (SSSR count). The average Bonchev–Trinajstić information content (AvgIpc) is 2.67. The zero-order chi connectivity index (χ0) is 13.1. The van der Waals surface area contributed by atoms with Gasteiger partial charge in [-0.2, -0.15) is 0 Å². The molecule has 3 aliphatic rings. The van der Waals surface area contributed by atoms with Crippen molar-refractivity contribution in [3.63, 3.8) is 0 Å². The van der Waals surface area contributed by atoms with Gasteiger partial charge in [-0.1, -0.05) is 0 Å². The standard InChI is InChI=1S/C12H18O6/c1-11(2)16-7-8(17-11)12(18-10(7)15-3)5-4-6(12)9(13)14/h6-8,10H,4-5H2,1-3H3,(H,13,14)/t6-,7-,8?,10+,12+/m0/s1. The van der Waals surface area contributed by atoms with Crippen molar-refractivity contribution in [3.8, 4) is 0 Å². The van der Waals surface area contributed by atoms with Crippen LogP contribution in [0.4, 0.5) is 0 Å². The van der Waals surface area contributed by atoms with E-state index in [1.54, 1.807) is 0 Å². The van der Waals surface area contributed by atoms with Crippen LogP contribution in [0.3, 0.4) is 0 Å². The molecule has 5 atom stereocenters. The summed E-state index contributed by atoms with van der Waals surface area (Å²) in [7, 11) is 1.53. The van der Waals surface area contributed by atoms with Gasteiger partial charge in [0, 0.05) is 7.11 Å². The first-order chi connectivity index (χ1) is 8.39. The highest BCUT2D eigenvalue weighted by atomic mass is 16.8. The van der Waals surface area contributed by atoms with Crippen molar-refractivity contribution in [1.29, 1.82) is 0 Å². The molecular weight excluding hydrogens is 240 g/mol. The Hall–Kier alpha value is -0.690. The van der Waals surface area contributed by atoms with Crippen LogP contribution in [0.2, 0.25) is 0 Å². The second-order valence-electron chi connectivity index (χ2n) is 5.63. The molecule has 0 radical (unpaired) electrons. The Balaban J connectivity index is 1.91. The Labute approximate surface area is 105 Å². The third-order valence-electron chi connectivity index (χ3n) is 4.16. The minimum Gasteiger partial charge on any atom is -0.481 e. The molecule has 1 unspecified atom stereocenters. The monoisotopic (exact) mass is 258 g/mol. The van der Waals surface area contributed by atoms with E-state index in [1.807, 2.05) is 13.8 Å². The SMILES string of the molecule is CO[C@@H]1O[C@@]2(CC[C@H]2C(=O)O)C2OC(C)(C)O[C@@H]21. The van der Waals surface area contributed by atoms with Gasteiger partial charge in [-0.05, 0) is 26.7 Å². The van der Waals surface area contributed by atoms with Gasteiger partial charge in [-0.25, -0.2) is 0 Å². The normalized spacial score (nSPS) is 49.1. The fraction of sp³-hybridized carbons (Fsp3) is 0.917. The number of rotatable bonds is 2. The second-order valence-corrected chi connectivity index (χ2v) is 5.63. The summed E-state index contributed by atoms with van der Waals surface area (Å²) in [5, 5.41) is 9.25. The molecule has 1 saturated carbocycles. The fourth-order valence-electron chi connectivity index (χ4n) is 3.29. The molecule has 2 aliphatic heterocycles. The molecule has 18 heavy (non-hydrogen) atoms. The van der Waals surface area contributed by atoms with Crippen LogP contribution in [0.25, 0.3) is 0 Å². The second kappa shape index (κ2) is 3.66. The highest BCUT2D eigenvalue weighted by Gasteiger charge is 2.70. The summed E-state index contributed by atoms with van der Waals surface area (Å²) in [6.45, 7) is 3.64. The van der Waals surface area contributed by atoms with Gasteiger partial charge in [-0.15, -0.1) is 0 Å². The van der Waals surface area contributed by atoms with Gasteiger partial charge in [0.15, 0.2) is 12.1 Å². The van der Waals surface area contributed by atoms with Crippen LogP contribution in [0.5, 0.6) is 0 Å². The van der Waals surface area contributed by atoms with E-state index in [-0.39, 0.29) is 12.2 Å². The topological polar surface area (TPSA) is 74.2 Å². The summed E-state index contributed by atoms with van der Waals surface area (Å²) < 4.78 is 22.7. The highest BCUT2D eigenvalue weighted by Crippen LogP contribution is 2.55. The molecule has 1 aliphatic carbocycles. The molecule has 2 saturated heterocycles. The van der Waals surface area contributed by atoms with Crippen molar-refractivity contribution >= 4 is 5.97 Å². The third kappa shape index (κ3) is 1.46. The number of fused-ring (bicyclic) bond motifs is 2. The van der Waals surface area contributed by atoms with Crippen LogP contribution in [-0.2, 0) is 23.7 Å². The first-order valence-electron chi connectivity index (χ1n) is 6.19. The average molecular weight is 258 g/mol. The van der Waals surface area contributed by atoms with E-state index >= 15 is 0 Å². The molecule has 0 aromatic carbocycles. The number of carboxylic acid groups (broad SMARTS) is 1. The lowest BCUT2D eigenvalue weighted by Crippen LogP contribution is -2.58. The van der Waals surface area contributed by atoms with Crippen LogP contribution in [0, 0.1) is 5.92 Å². The molecule has 6 nitrogen and oxygen atoms in total. The number of aliphatic carboxylic acids is 1. The maximum Gasteiger partial charge on any atom is 0.309 e. The lowest BCUT2D eigenvalue weighted by molar-refractivity contribution is -0.278. The van der Waals surface area contributed by atoms with Crippen molar-refractivity contribution in [2.45, 2.75) is 56.6 Å². The first-order valence-corrected chi connectivity index (χ1v) is 6.19. The Kier molecular flexibility index (Phi) is 2.51. The highest BCUT2D eigenvalue weighted by molar-refractivity contribution is 5.73. The van der Waals surface area contributed by atoms with Crippen LogP contribution in [-0.4, -0.2) is 48.1 Å². The quantitative estimate of drug-likeness (QED) is 0.787. The molecule has 1 N–H and O–H groups in total. The summed E-state index contributed by atoms with van der Waals surface area (Å²) in [5.74, 6) is -2.10. The Morgan fingerprint density at radius 1 is 1.33 bits per heavy atom. The molecule has 1 spiro atoms. The van der Waals surface area contributed by atoms with Crippen molar-refractivity contribution < 1.29 is 28.8 Å². The first kappa shape index (κ1) is 12.3. The van der Waals surface area contributed by atoms with Gasteiger partial charge in [-0.3, -0.25) is 4.79 Å². The number of hydrogen-bond donors (Lipinski definition) is 1. The van der Waals surface area contributed by atoms with Crippen molar-refractivity contribution in [2.24, 2.45) is 5.92 Å². The summed E-state index contributed by atoms with van der Waals surface area (Å²) in [6.07, 6.45) is 0.00168. The van der Waals surface area contributed by atoms with E-state index in [9.17, 15) is 9.90 Å². The van der Waals surface area contributed by atoms with Crippen molar-refractivity contribution in [2.75, 3.05) is 7.11 Å². The molecular formula is C12H18O6. The van der Waals surface area contributed by atoms with Gasteiger partial charge < -0.3 is 24.1 Å². The Bertz CT molecular complexity index is 381. The van der Waals surface area contributed by atoms with E-state index in [0.717, 1.165) is 0 Å². The number of ether oxygens (including phenoxy) is 4. The van der Waals surface area contributed by atoms with Crippen LogP contribution >= 0.6 is 0 Å². The summed E-state index contributed by atoms with van der Waals surface area (Å²) in [6, 6.07) is 0. The Morgan fingerprint density at radius 2 is 2.06 bits per heavy atom. The van der Waals surface area contributed by atoms with Crippen molar-refractivity contribution in [3.05, 3.63) is 0 Å². The molecule has 0 aromatic heterocycles. The maximum atomic E-state index is 11.3. The minimum atomic E-state index is -0.843. The van der Waals surface area contributed by atoms with Crippen LogP contribution in [0.15, 0.2) is 0 Å². The number of carboxylic acids is 1. The van der Waals surface area contributed by atoms with Gasteiger partial charge >= 0.3 is 5.97 Å². The predicted molar refractivity (Wildman–Crippen MR) is 58.8 cm³/mol. The Morgan fingerprint density at radius 3 is 2.56 bits per heavy atom. The molecule has 102 valence electrons. The van der Waals surface area contributed by atoms with E-state index < -0.39 is 29.6 Å². The van der Waals surface area contributed by atoms with E-state index in [4.69, 9.17) is 18.9 Å². The summed E-state index contributed by atoms with van der Waals surface area (Å²) in [5.41, 5.74) is -0.787. The summed E-state index contributed by atoms with van der Waals surface area (Å²) in [4.78, 5) is 11.3. The third-order valence-corrected chi connectivity index (χ3v) is 4.16. The number of carbonyl (C=O) groups is 1. The van der Waals surface area contributed by atoms with Crippen LogP contribution in [0.1, 0.15) is 26.7 Å². The van der Waals surface area contributed by atoms with Crippen LogP contribution < -0.4 is 0 Å². The molecule has 2 heterocycles. The van der Waals surface area contributed by atoms with E-state index in [1.165, 1.54) is 7.11 Å². The largest absolute Gasteiger partial charge is 0.481 e. The number of hydrogen-bond acceptors (Lipinski definition) is 5. The lowest BCUT2D eigenvalue weighted by Gasteiger charge is -2.46. The van der Waals surface area contributed by atoms with E-state index in [2.05, 4.69) is 0 Å². The fourth-order valence-corrected chi connectivity index (χ4v) is 3.29. The maximum absolute atomic E-state index is 11.3. The molecule has 0 amide bonds. The summed E-state index contributed by atoms with van der Waals surface area (Å²) >= 11 is 0. The number of methoxy groups -OCH3 is 1. The van der Waals surface area contributed by atoms with Crippen molar-refractivity contribution in [1.82, 2.24) is 0 Å². The van der Waals surface area contributed by atoms with Gasteiger partial charge in [0.25, 0.3) is 0 Å². The molecule has 3 fully saturated rings. The zero-order valence-electron chi connectivity index (χ0n) is 10.7. The molecule has 6 heteroatoms. The minimum absolute atomic E-state index is 0.354. The molecule has 0 bridgehead atoms. The lowest BCUT2D eigenvalue weighted by atomic mass is 9.66. The zero-order valence-corrected chi connectivity index (χ0v) is 10.7. The predicted octanol–water partition coefficient (Wildman–Crippen LogP) is 0.743. The molecule has 0 aromatic rings.